The van der Waals surface area contributed by atoms with Gasteiger partial charge in [-0.05, 0) is 19.3 Å². The Morgan fingerprint density at radius 1 is 1.24 bits per heavy atom. The first kappa shape index (κ1) is 17.2. The van der Waals surface area contributed by atoms with Crippen molar-refractivity contribution >= 4 is 27.7 Å². The number of aliphatic carboxylic acids is 1. The fourth-order valence-electron chi connectivity index (χ4n) is 1.96. The molecular formula is C11H19N3O6S. The van der Waals surface area contributed by atoms with Crippen molar-refractivity contribution < 1.29 is 27.9 Å². The molecule has 1 aliphatic rings. The summed E-state index contributed by atoms with van der Waals surface area (Å²) in [5.41, 5.74) is 4.93. The second kappa shape index (κ2) is 7.25. The van der Waals surface area contributed by atoms with Crippen LogP contribution in [0, 0.1) is 0 Å². The van der Waals surface area contributed by atoms with E-state index in [2.05, 4.69) is 10.6 Å². The van der Waals surface area contributed by atoms with Crippen LogP contribution in [0.2, 0.25) is 0 Å². The Morgan fingerprint density at radius 2 is 1.81 bits per heavy atom. The zero-order chi connectivity index (χ0) is 16.0. The van der Waals surface area contributed by atoms with Gasteiger partial charge in [0.15, 0.2) is 0 Å². The van der Waals surface area contributed by atoms with Crippen LogP contribution in [0.15, 0.2) is 0 Å². The third kappa shape index (κ3) is 6.43. The molecule has 5 N–H and O–H groups in total. The highest BCUT2D eigenvalue weighted by atomic mass is 32.2. The Bertz CT molecular complexity index is 504. The molecule has 0 aromatic rings. The van der Waals surface area contributed by atoms with Crippen LogP contribution in [0.5, 0.6) is 0 Å². The van der Waals surface area contributed by atoms with Gasteiger partial charge in [0.25, 0.3) is 0 Å². The summed E-state index contributed by atoms with van der Waals surface area (Å²) in [7, 11) is -3.02. The predicted octanol–water partition coefficient (Wildman–Crippen LogP) is -1.42. The minimum absolute atomic E-state index is 0.00197. The van der Waals surface area contributed by atoms with Crippen molar-refractivity contribution in [2.75, 3.05) is 11.5 Å². The Kier molecular flexibility index (Phi) is 5.94. The van der Waals surface area contributed by atoms with Gasteiger partial charge in [-0.25, -0.2) is 18.0 Å². The van der Waals surface area contributed by atoms with Crippen LogP contribution < -0.4 is 16.4 Å². The van der Waals surface area contributed by atoms with Crippen molar-refractivity contribution in [1.82, 2.24) is 10.6 Å². The van der Waals surface area contributed by atoms with Crippen LogP contribution in [0.4, 0.5) is 4.79 Å². The molecule has 1 unspecified atom stereocenters. The highest BCUT2D eigenvalue weighted by Gasteiger charge is 2.26. The molecule has 0 aromatic heterocycles. The smallest absolute Gasteiger partial charge is 0.326 e. The number of hydrogen-bond donors (Lipinski definition) is 4. The summed E-state index contributed by atoms with van der Waals surface area (Å²) in [5, 5.41) is 13.7. The van der Waals surface area contributed by atoms with E-state index >= 15 is 0 Å². The number of carbonyl (C=O) groups excluding carboxylic acids is 2. The summed E-state index contributed by atoms with van der Waals surface area (Å²) in [6.07, 6.45) is 0.347. The monoisotopic (exact) mass is 321 g/mol. The van der Waals surface area contributed by atoms with E-state index in [0.717, 1.165) is 0 Å². The first-order valence-electron chi connectivity index (χ1n) is 6.48. The summed E-state index contributed by atoms with van der Waals surface area (Å²) in [6, 6.07) is -2.22. The Hall–Kier alpha value is -1.84. The average Bonchev–Trinajstić information content (AvgIpc) is 2.36. The standard InChI is InChI=1S/C11H19N3O6S/c12-9(15)2-1-8(10(16)17)14-11(18)13-7-3-5-21(19,20)6-4-7/h7-8H,1-6H2,(H2,12,15)(H,16,17)(H2,13,14,18). The van der Waals surface area contributed by atoms with E-state index < -0.39 is 33.8 Å². The number of sulfone groups is 1. The summed E-state index contributed by atoms with van der Waals surface area (Å²) >= 11 is 0. The molecule has 0 spiro atoms. The lowest BCUT2D eigenvalue weighted by atomic mass is 10.1. The SMILES string of the molecule is NC(=O)CCC(NC(=O)NC1CCS(=O)(=O)CC1)C(=O)O. The highest BCUT2D eigenvalue weighted by molar-refractivity contribution is 7.91. The van der Waals surface area contributed by atoms with Crippen molar-refractivity contribution in [3.05, 3.63) is 0 Å². The Labute approximate surface area is 122 Å². The molecule has 0 aliphatic carbocycles. The van der Waals surface area contributed by atoms with Crippen LogP contribution >= 0.6 is 0 Å². The highest BCUT2D eigenvalue weighted by Crippen LogP contribution is 2.12. The lowest BCUT2D eigenvalue weighted by molar-refractivity contribution is -0.139. The maximum Gasteiger partial charge on any atom is 0.326 e. The molecule has 21 heavy (non-hydrogen) atoms. The molecular weight excluding hydrogens is 302 g/mol. The van der Waals surface area contributed by atoms with Crippen LogP contribution in [-0.2, 0) is 19.4 Å². The molecule has 1 rings (SSSR count). The number of carbonyl (C=O) groups is 3. The number of rotatable bonds is 6. The van der Waals surface area contributed by atoms with Gasteiger partial charge in [-0.2, -0.15) is 0 Å². The van der Waals surface area contributed by atoms with E-state index in [4.69, 9.17) is 10.8 Å². The number of nitrogens with two attached hydrogens (primary N) is 1. The predicted molar refractivity (Wildman–Crippen MR) is 73.2 cm³/mol. The number of carboxylic acid groups (broad SMARTS) is 1. The van der Waals surface area contributed by atoms with Gasteiger partial charge in [0.05, 0.1) is 11.5 Å². The van der Waals surface area contributed by atoms with Gasteiger partial charge >= 0.3 is 12.0 Å². The maximum absolute atomic E-state index is 11.7. The normalized spacial score (nSPS) is 19.4. The number of urea groups is 1. The molecule has 1 aliphatic heterocycles. The Balaban J connectivity index is 2.43. The van der Waals surface area contributed by atoms with Gasteiger partial charge in [0, 0.05) is 12.5 Å². The summed E-state index contributed by atoms with van der Waals surface area (Å²) in [5.74, 6) is -1.91. The molecule has 9 nitrogen and oxygen atoms in total. The van der Waals surface area contributed by atoms with Crippen LogP contribution in [0.25, 0.3) is 0 Å². The van der Waals surface area contributed by atoms with Crippen molar-refractivity contribution in [3.63, 3.8) is 0 Å². The number of amides is 3. The number of carboxylic acids is 1. The van der Waals surface area contributed by atoms with Crippen LogP contribution in [0.3, 0.4) is 0 Å². The third-order valence-electron chi connectivity index (χ3n) is 3.17. The molecule has 1 atom stereocenters. The summed E-state index contributed by atoms with van der Waals surface area (Å²) < 4.78 is 22.5. The van der Waals surface area contributed by atoms with Gasteiger partial charge in [-0.15, -0.1) is 0 Å². The molecule has 10 heteroatoms. The first-order valence-corrected chi connectivity index (χ1v) is 8.30. The molecule has 3 amide bonds. The van der Waals surface area contributed by atoms with E-state index in [0.29, 0.717) is 12.8 Å². The second-order valence-electron chi connectivity index (χ2n) is 4.94. The van der Waals surface area contributed by atoms with Crippen molar-refractivity contribution in [1.29, 1.82) is 0 Å². The molecule has 120 valence electrons. The van der Waals surface area contributed by atoms with Crippen LogP contribution in [0.1, 0.15) is 25.7 Å². The van der Waals surface area contributed by atoms with Crippen LogP contribution in [-0.4, -0.2) is 55.0 Å². The van der Waals surface area contributed by atoms with Gasteiger partial charge < -0.3 is 21.5 Å². The maximum atomic E-state index is 11.7. The Morgan fingerprint density at radius 3 is 2.29 bits per heavy atom. The largest absolute Gasteiger partial charge is 0.480 e. The zero-order valence-corrected chi connectivity index (χ0v) is 12.2. The van der Waals surface area contributed by atoms with E-state index in [1.807, 2.05) is 0 Å². The number of hydrogen-bond acceptors (Lipinski definition) is 5. The fourth-order valence-corrected chi connectivity index (χ4v) is 3.46. The molecule has 1 fully saturated rings. The fraction of sp³-hybridized carbons (Fsp3) is 0.727. The topological polar surface area (TPSA) is 156 Å². The number of nitrogens with one attached hydrogen (secondary N) is 2. The third-order valence-corrected chi connectivity index (χ3v) is 4.89. The minimum Gasteiger partial charge on any atom is -0.480 e. The molecule has 0 radical (unpaired) electrons. The van der Waals surface area contributed by atoms with Crippen molar-refractivity contribution in [3.8, 4) is 0 Å². The lowest BCUT2D eigenvalue weighted by Gasteiger charge is -2.24. The van der Waals surface area contributed by atoms with Crippen molar-refractivity contribution in [2.45, 2.75) is 37.8 Å². The summed E-state index contributed by atoms with van der Waals surface area (Å²) in [4.78, 5) is 33.3. The zero-order valence-electron chi connectivity index (χ0n) is 11.4. The quantitative estimate of drug-likeness (QED) is 0.470. The first-order chi connectivity index (χ1) is 9.69. The van der Waals surface area contributed by atoms with Gasteiger partial charge in [0.1, 0.15) is 15.9 Å². The molecule has 0 bridgehead atoms. The summed E-state index contributed by atoms with van der Waals surface area (Å²) in [6.45, 7) is 0. The molecule has 1 heterocycles. The van der Waals surface area contributed by atoms with E-state index in [1.165, 1.54) is 0 Å². The van der Waals surface area contributed by atoms with E-state index in [9.17, 15) is 22.8 Å². The van der Waals surface area contributed by atoms with E-state index in [1.54, 1.807) is 0 Å². The second-order valence-corrected chi connectivity index (χ2v) is 7.24. The molecule has 1 saturated heterocycles. The molecule has 0 aromatic carbocycles. The number of primary amides is 1. The van der Waals surface area contributed by atoms with E-state index in [-0.39, 0.29) is 30.4 Å². The average molecular weight is 321 g/mol. The van der Waals surface area contributed by atoms with Gasteiger partial charge in [-0.1, -0.05) is 0 Å². The van der Waals surface area contributed by atoms with Gasteiger partial charge in [-0.3, -0.25) is 4.79 Å². The van der Waals surface area contributed by atoms with Crippen molar-refractivity contribution in [2.24, 2.45) is 5.73 Å². The lowest BCUT2D eigenvalue weighted by Crippen LogP contribution is -2.50. The van der Waals surface area contributed by atoms with Gasteiger partial charge in [0.2, 0.25) is 5.91 Å². The minimum atomic E-state index is -3.02. The molecule has 0 saturated carbocycles.